The number of amides is 2. The van der Waals surface area contributed by atoms with E-state index in [0.717, 1.165) is 33.4 Å². The molecule has 11 heteroatoms. The van der Waals surface area contributed by atoms with Gasteiger partial charge in [0.1, 0.15) is 11.1 Å². The van der Waals surface area contributed by atoms with Crippen LogP contribution >= 0.6 is 11.8 Å². The van der Waals surface area contributed by atoms with Crippen LogP contribution in [0.5, 0.6) is 0 Å². The standard InChI is InChI=1S/C39H32N4O6S/c1-25(44)39(40)31(24-26-22-23-42(34(26)45)30-20-12-5-13-21-30)33(37(47)48)43-35(46)32(36(43)50-39)41-49-38(27-14-6-2-7-15-27,28-16-8-3-9-17-28)29-18-10-4-11-19-29/h2-21,24,36H,22-23,40H2,1H3,(H,47,48). The maximum atomic E-state index is 13.9. The summed E-state index contributed by atoms with van der Waals surface area (Å²) >= 11 is 0.884. The zero-order valence-electron chi connectivity index (χ0n) is 26.9. The lowest BCUT2D eigenvalue weighted by molar-refractivity contribution is -0.139. The van der Waals surface area contributed by atoms with Crippen molar-refractivity contribution >= 4 is 46.7 Å². The second-order valence-electron chi connectivity index (χ2n) is 12.1. The fourth-order valence-electron chi connectivity index (χ4n) is 6.59. The first-order valence-corrected chi connectivity index (χ1v) is 16.8. The SMILES string of the molecule is CC(=O)C1(N)SC2C(=NOC(c3ccccc3)(c3ccccc3)c3ccccc3)C(=O)N2C(C(=O)O)=C1C=C1CCN(c2ccccc2)C1=O. The number of rotatable bonds is 9. The Balaban J connectivity index is 1.31. The molecule has 50 heavy (non-hydrogen) atoms. The van der Waals surface area contributed by atoms with Gasteiger partial charge < -0.3 is 20.6 Å². The maximum absolute atomic E-state index is 13.9. The van der Waals surface area contributed by atoms with Crippen LogP contribution in [0.2, 0.25) is 0 Å². The molecule has 2 amide bonds. The third kappa shape index (κ3) is 5.31. The number of hydrogen-bond donors (Lipinski definition) is 2. The highest BCUT2D eigenvalue weighted by Crippen LogP contribution is 2.49. The molecule has 3 aliphatic rings. The van der Waals surface area contributed by atoms with E-state index in [0.29, 0.717) is 18.7 Å². The zero-order valence-corrected chi connectivity index (χ0v) is 27.7. The van der Waals surface area contributed by atoms with Gasteiger partial charge in [-0.05, 0) is 31.6 Å². The second kappa shape index (κ2) is 12.9. The number of oxime groups is 1. The first kappa shape index (κ1) is 32.8. The monoisotopic (exact) mass is 684 g/mol. The molecule has 2 saturated heterocycles. The Morgan fingerprint density at radius 1 is 0.860 bits per heavy atom. The molecule has 0 spiro atoms. The van der Waals surface area contributed by atoms with E-state index in [9.17, 15) is 24.3 Å². The molecule has 2 unspecified atom stereocenters. The Kier molecular flexibility index (Phi) is 8.46. The first-order valence-electron chi connectivity index (χ1n) is 16.0. The summed E-state index contributed by atoms with van der Waals surface area (Å²) in [7, 11) is 0. The number of thioether (sulfide) groups is 1. The summed E-state index contributed by atoms with van der Waals surface area (Å²) in [6.07, 6.45) is 1.66. The molecule has 10 nitrogen and oxygen atoms in total. The lowest BCUT2D eigenvalue weighted by atomic mass is 9.80. The fraction of sp³-hybridized carbons (Fsp3) is 0.154. The number of hydrogen-bond acceptors (Lipinski definition) is 8. The van der Waals surface area contributed by atoms with Crippen LogP contribution in [0.25, 0.3) is 0 Å². The van der Waals surface area contributed by atoms with E-state index in [1.165, 1.54) is 13.0 Å². The second-order valence-corrected chi connectivity index (χ2v) is 13.4. The number of Topliss-reactive ketones (excluding diaryl/α,β-unsaturated/α-hetero) is 1. The molecule has 2 fully saturated rings. The van der Waals surface area contributed by atoms with Crippen LogP contribution in [-0.4, -0.2) is 56.1 Å². The number of nitrogens with two attached hydrogens (primary N) is 1. The molecule has 0 bridgehead atoms. The average molecular weight is 685 g/mol. The van der Waals surface area contributed by atoms with E-state index in [2.05, 4.69) is 5.16 Å². The van der Waals surface area contributed by atoms with Crippen molar-refractivity contribution in [2.24, 2.45) is 10.9 Å². The van der Waals surface area contributed by atoms with Crippen molar-refractivity contribution in [3.63, 3.8) is 0 Å². The van der Waals surface area contributed by atoms with Gasteiger partial charge in [0.15, 0.2) is 16.4 Å². The smallest absolute Gasteiger partial charge is 0.353 e. The van der Waals surface area contributed by atoms with E-state index >= 15 is 0 Å². The van der Waals surface area contributed by atoms with Gasteiger partial charge in [-0.15, -0.1) is 0 Å². The summed E-state index contributed by atoms with van der Waals surface area (Å²) in [4.78, 5) is 60.8. The summed E-state index contributed by atoms with van der Waals surface area (Å²) in [6.45, 7) is 1.62. The van der Waals surface area contributed by atoms with E-state index in [-0.39, 0.29) is 22.8 Å². The average Bonchev–Trinajstić information content (AvgIpc) is 3.51. The third-order valence-corrected chi connectivity index (χ3v) is 10.7. The molecule has 7 rings (SSSR count). The van der Waals surface area contributed by atoms with Gasteiger partial charge in [-0.25, -0.2) is 4.79 Å². The van der Waals surface area contributed by atoms with Crippen molar-refractivity contribution in [3.8, 4) is 0 Å². The molecule has 2 atom stereocenters. The summed E-state index contributed by atoms with van der Waals surface area (Å²) in [5, 5.41) is 13.9. The number of aliphatic carboxylic acids is 1. The van der Waals surface area contributed by atoms with Gasteiger partial charge in [0, 0.05) is 40.1 Å². The van der Waals surface area contributed by atoms with Crippen LogP contribution < -0.4 is 10.6 Å². The van der Waals surface area contributed by atoms with Gasteiger partial charge in [-0.3, -0.25) is 19.3 Å². The Morgan fingerprint density at radius 2 is 1.36 bits per heavy atom. The van der Waals surface area contributed by atoms with Gasteiger partial charge in [-0.2, -0.15) is 0 Å². The molecule has 0 saturated carbocycles. The van der Waals surface area contributed by atoms with Crippen molar-refractivity contribution < 1.29 is 29.1 Å². The van der Waals surface area contributed by atoms with Crippen molar-refractivity contribution in [3.05, 3.63) is 161 Å². The van der Waals surface area contributed by atoms with Crippen molar-refractivity contribution in [1.29, 1.82) is 0 Å². The number of ketones is 1. The summed E-state index contributed by atoms with van der Waals surface area (Å²) < 4.78 is 0. The van der Waals surface area contributed by atoms with Crippen molar-refractivity contribution in [2.45, 2.75) is 29.2 Å². The Labute approximate surface area is 292 Å². The minimum atomic E-state index is -1.92. The van der Waals surface area contributed by atoms with Gasteiger partial charge in [0.25, 0.3) is 11.8 Å². The Morgan fingerprint density at radius 3 is 1.84 bits per heavy atom. The lowest BCUT2D eigenvalue weighted by Gasteiger charge is -2.49. The molecule has 4 aromatic carbocycles. The highest BCUT2D eigenvalue weighted by molar-refractivity contribution is 8.03. The molecule has 3 N–H and O–H groups in total. The number of fused-ring (bicyclic) bond motifs is 1. The first-order chi connectivity index (χ1) is 24.2. The lowest BCUT2D eigenvalue weighted by Crippen LogP contribution is -2.67. The number of benzene rings is 4. The van der Waals surface area contributed by atoms with Crippen LogP contribution in [-0.2, 0) is 29.6 Å². The topological polar surface area (TPSA) is 143 Å². The van der Waals surface area contributed by atoms with Crippen LogP contribution in [0.1, 0.15) is 30.0 Å². The number of carboxylic acids is 1. The van der Waals surface area contributed by atoms with E-state index in [1.54, 1.807) is 17.0 Å². The van der Waals surface area contributed by atoms with E-state index in [1.807, 2.05) is 109 Å². The highest BCUT2D eigenvalue weighted by atomic mass is 32.2. The highest BCUT2D eigenvalue weighted by Gasteiger charge is 2.59. The number of carbonyl (C=O) groups excluding carboxylic acids is 3. The Bertz CT molecular complexity index is 1990. The molecule has 0 aromatic heterocycles. The molecule has 4 aromatic rings. The normalized spacial score (nSPS) is 22.1. The minimum Gasteiger partial charge on any atom is -0.477 e. The van der Waals surface area contributed by atoms with Crippen LogP contribution in [0, 0.1) is 0 Å². The Hall–Kier alpha value is -5.78. The predicted octanol–water partition coefficient (Wildman–Crippen LogP) is 5.21. The van der Waals surface area contributed by atoms with Gasteiger partial charge in [0.05, 0.1) is 0 Å². The number of para-hydroxylation sites is 1. The zero-order chi connectivity index (χ0) is 35.0. The molecule has 250 valence electrons. The number of carbonyl (C=O) groups is 4. The van der Waals surface area contributed by atoms with E-state index < -0.39 is 39.2 Å². The molecule has 0 radical (unpaired) electrons. The molecule has 3 heterocycles. The molecular weight excluding hydrogens is 653 g/mol. The molecular formula is C39H32N4O6S. The quantitative estimate of drug-likeness (QED) is 0.106. The van der Waals surface area contributed by atoms with Gasteiger partial charge in [0.2, 0.25) is 5.60 Å². The fourth-order valence-corrected chi connectivity index (χ4v) is 7.95. The van der Waals surface area contributed by atoms with Crippen LogP contribution in [0.3, 0.4) is 0 Å². The van der Waals surface area contributed by atoms with E-state index in [4.69, 9.17) is 10.6 Å². The number of β-lactam (4-membered cyclic amide) rings is 1. The maximum Gasteiger partial charge on any atom is 0.353 e. The van der Waals surface area contributed by atoms with Crippen LogP contribution in [0.4, 0.5) is 5.69 Å². The largest absolute Gasteiger partial charge is 0.477 e. The summed E-state index contributed by atoms with van der Waals surface area (Å²) in [5.41, 5.74) is 7.96. The minimum absolute atomic E-state index is 0.101. The third-order valence-electron chi connectivity index (χ3n) is 9.16. The molecule has 3 aliphatic heterocycles. The van der Waals surface area contributed by atoms with Gasteiger partial charge in [-0.1, -0.05) is 126 Å². The van der Waals surface area contributed by atoms with Crippen molar-refractivity contribution in [2.75, 3.05) is 11.4 Å². The van der Waals surface area contributed by atoms with Crippen LogP contribution in [0.15, 0.2) is 149 Å². The summed E-state index contributed by atoms with van der Waals surface area (Å²) in [6, 6.07) is 37.4. The number of nitrogens with zero attached hydrogens (tertiary/aromatic N) is 3. The number of carboxylic acid groups (broad SMARTS) is 1. The summed E-state index contributed by atoms with van der Waals surface area (Å²) in [5.74, 6) is -3.07. The molecule has 0 aliphatic carbocycles. The van der Waals surface area contributed by atoms with Gasteiger partial charge >= 0.3 is 5.97 Å². The predicted molar refractivity (Wildman–Crippen MR) is 190 cm³/mol. The number of anilines is 1. The van der Waals surface area contributed by atoms with Crippen molar-refractivity contribution in [1.82, 2.24) is 4.90 Å².